The molecule has 0 aromatic heterocycles. The molecule has 0 bridgehead atoms. The molecule has 1 nitrogen and oxygen atoms in total. The Morgan fingerprint density at radius 1 is 0.786 bits per heavy atom. The molecule has 2 rings (SSSR count). The first-order valence-corrected chi connectivity index (χ1v) is 5.87. The summed E-state index contributed by atoms with van der Waals surface area (Å²) in [7, 11) is 0. The average Bonchev–Trinajstić information content (AvgIpc) is 2.58. The molecule has 0 unspecified atom stereocenters. The van der Waals surface area contributed by atoms with E-state index >= 15 is 0 Å². The highest BCUT2D eigenvalue weighted by Crippen LogP contribution is 2.22. The average molecular weight is 200 g/mol. The van der Waals surface area contributed by atoms with E-state index in [1.807, 2.05) is 0 Å². The van der Waals surface area contributed by atoms with E-state index in [9.17, 15) is 0 Å². The monoisotopic (exact) mass is 200 g/mol. The molecule has 1 heterocycles. The normalized spacial score (nSPS) is 23.6. The van der Waals surface area contributed by atoms with Crippen molar-refractivity contribution >= 4 is 0 Å². The summed E-state index contributed by atoms with van der Waals surface area (Å²) in [6, 6.07) is 0. The van der Waals surface area contributed by atoms with Crippen LogP contribution in [0.3, 0.4) is 0 Å². The third-order valence-corrected chi connectivity index (χ3v) is 3.15. The maximum atomic E-state index is 5.14. The molecule has 0 aromatic carbocycles. The summed E-state index contributed by atoms with van der Waals surface area (Å²) in [6.07, 6.45) is 8.47. The van der Waals surface area contributed by atoms with Crippen molar-refractivity contribution in [2.75, 3.05) is 13.2 Å². The minimum absolute atomic E-state index is 0. The molecule has 1 saturated heterocycles. The number of rotatable bonds is 0. The standard InChI is InChI=1S/C6H12O.C6H12.CH4/c1-6-2-4-7-5-3-6;1-6-4-2-3-5-6;/h6H,2-5H2,1H3;6H,2-5H2,1H3;1H4. The highest BCUT2D eigenvalue weighted by molar-refractivity contribution is 4.60. The molecule has 1 aliphatic carbocycles. The van der Waals surface area contributed by atoms with Gasteiger partial charge >= 0.3 is 0 Å². The first-order chi connectivity index (χ1) is 6.29. The lowest BCUT2D eigenvalue weighted by atomic mass is 10.0. The molecule has 0 N–H and O–H groups in total. The van der Waals surface area contributed by atoms with E-state index in [0.717, 1.165) is 25.0 Å². The first kappa shape index (κ1) is 14.0. The van der Waals surface area contributed by atoms with E-state index in [-0.39, 0.29) is 7.43 Å². The molecule has 1 aliphatic heterocycles. The van der Waals surface area contributed by atoms with Gasteiger partial charge in [-0.15, -0.1) is 0 Å². The molecule has 14 heavy (non-hydrogen) atoms. The van der Waals surface area contributed by atoms with Crippen molar-refractivity contribution in [3.63, 3.8) is 0 Å². The van der Waals surface area contributed by atoms with Crippen molar-refractivity contribution in [1.29, 1.82) is 0 Å². The minimum atomic E-state index is 0. The second-order valence-electron chi connectivity index (χ2n) is 4.68. The van der Waals surface area contributed by atoms with E-state index in [4.69, 9.17) is 4.74 Å². The Morgan fingerprint density at radius 2 is 1.21 bits per heavy atom. The third-order valence-electron chi connectivity index (χ3n) is 3.15. The third kappa shape index (κ3) is 6.42. The fraction of sp³-hybridized carbons (Fsp3) is 1.00. The summed E-state index contributed by atoms with van der Waals surface area (Å²) in [4.78, 5) is 0. The summed E-state index contributed by atoms with van der Waals surface area (Å²) >= 11 is 0. The molecule has 2 fully saturated rings. The van der Waals surface area contributed by atoms with Gasteiger partial charge in [-0.05, 0) is 24.7 Å². The Bertz CT molecular complexity index is 110. The zero-order valence-electron chi connectivity index (χ0n) is 9.22. The van der Waals surface area contributed by atoms with Gasteiger partial charge in [-0.25, -0.2) is 0 Å². The van der Waals surface area contributed by atoms with Crippen LogP contribution < -0.4 is 0 Å². The van der Waals surface area contributed by atoms with Crippen molar-refractivity contribution in [3.05, 3.63) is 0 Å². The van der Waals surface area contributed by atoms with E-state index in [2.05, 4.69) is 13.8 Å². The quantitative estimate of drug-likeness (QED) is 0.567. The van der Waals surface area contributed by atoms with Crippen LogP contribution in [0.4, 0.5) is 0 Å². The van der Waals surface area contributed by atoms with Gasteiger partial charge in [-0.2, -0.15) is 0 Å². The van der Waals surface area contributed by atoms with E-state index in [1.54, 1.807) is 0 Å². The molecule has 1 heteroatoms. The molecular weight excluding hydrogens is 172 g/mol. The van der Waals surface area contributed by atoms with Gasteiger partial charge in [0.15, 0.2) is 0 Å². The molecule has 0 aromatic rings. The van der Waals surface area contributed by atoms with E-state index in [0.29, 0.717) is 0 Å². The van der Waals surface area contributed by atoms with Crippen molar-refractivity contribution in [2.45, 2.75) is 59.8 Å². The van der Waals surface area contributed by atoms with Gasteiger partial charge in [0.05, 0.1) is 0 Å². The first-order valence-electron chi connectivity index (χ1n) is 5.87. The lowest BCUT2D eigenvalue weighted by molar-refractivity contribution is 0.0716. The lowest BCUT2D eigenvalue weighted by Crippen LogP contribution is -2.12. The predicted octanol–water partition coefficient (Wildman–Crippen LogP) is 4.27. The van der Waals surface area contributed by atoms with Crippen LogP contribution in [0.5, 0.6) is 0 Å². The summed E-state index contributed by atoms with van der Waals surface area (Å²) in [5.74, 6) is 1.96. The number of hydrogen-bond acceptors (Lipinski definition) is 1. The van der Waals surface area contributed by atoms with Crippen molar-refractivity contribution in [3.8, 4) is 0 Å². The van der Waals surface area contributed by atoms with Crippen molar-refractivity contribution < 1.29 is 4.74 Å². The summed E-state index contributed by atoms with van der Waals surface area (Å²) < 4.78 is 5.14. The Kier molecular flexibility index (Phi) is 8.26. The smallest absolute Gasteiger partial charge is 0.0468 e. The van der Waals surface area contributed by atoms with Crippen LogP contribution in [0.2, 0.25) is 0 Å². The maximum absolute atomic E-state index is 5.14. The molecule has 0 radical (unpaired) electrons. The highest BCUT2D eigenvalue weighted by atomic mass is 16.5. The van der Waals surface area contributed by atoms with Crippen LogP contribution >= 0.6 is 0 Å². The topological polar surface area (TPSA) is 9.23 Å². The second kappa shape index (κ2) is 8.28. The van der Waals surface area contributed by atoms with Gasteiger partial charge in [0.25, 0.3) is 0 Å². The van der Waals surface area contributed by atoms with Crippen LogP contribution in [0.1, 0.15) is 59.8 Å². The summed E-state index contributed by atoms with van der Waals surface area (Å²) in [5.41, 5.74) is 0. The molecule has 0 atom stereocenters. The molecule has 86 valence electrons. The Hall–Kier alpha value is -0.0400. The zero-order valence-corrected chi connectivity index (χ0v) is 9.22. The van der Waals surface area contributed by atoms with Gasteiger partial charge < -0.3 is 4.74 Å². The molecule has 1 saturated carbocycles. The van der Waals surface area contributed by atoms with Crippen LogP contribution in [-0.4, -0.2) is 13.2 Å². The van der Waals surface area contributed by atoms with Crippen molar-refractivity contribution in [2.24, 2.45) is 11.8 Å². The minimum Gasteiger partial charge on any atom is -0.381 e. The SMILES string of the molecule is C.CC1CCCC1.CC1CCOCC1. The fourth-order valence-electron chi connectivity index (χ4n) is 1.95. The molecule has 2 aliphatic rings. The second-order valence-corrected chi connectivity index (χ2v) is 4.68. The predicted molar refractivity (Wildman–Crippen MR) is 63.6 cm³/mol. The Morgan fingerprint density at radius 3 is 1.43 bits per heavy atom. The largest absolute Gasteiger partial charge is 0.381 e. The number of ether oxygens (including phenoxy) is 1. The van der Waals surface area contributed by atoms with Gasteiger partial charge in [-0.3, -0.25) is 0 Å². The molecular formula is C13H28O. The summed E-state index contributed by atoms with van der Waals surface area (Å²) in [6.45, 7) is 6.60. The fourth-order valence-corrected chi connectivity index (χ4v) is 1.95. The zero-order chi connectivity index (χ0) is 9.52. The maximum Gasteiger partial charge on any atom is 0.0468 e. The van der Waals surface area contributed by atoms with Gasteiger partial charge in [0.2, 0.25) is 0 Å². The van der Waals surface area contributed by atoms with Crippen LogP contribution in [-0.2, 0) is 4.74 Å². The van der Waals surface area contributed by atoms with Crippen LogP contribution in [0.25, 0.3) is 0 Å². The van der Waals surface area contributed by atoms with Gasteiger partial charge in [0, 0.05) is 13.2 Å². The van der Waals surface area contributed by atoms with Gasteiger partial charge in [-0.1, -0.05) is 47.0 Å². The van der Waals surface area contributed by atoms with Crippen LogP contribution in [0, 0.1) is 11.8 Å². The number of hydrogen-bond donors (Lipinski definition) is 0. The van der Waals surface area contributed by atoms with Crippen molar-refractivity contribution in [1.82, 2.24) is 0 Å². The van der Waals surface area contributed by atoms with E-state index < -0.39 is 0 Å². The van der Waals surface area contributed by atoms with Gasteiger partial charge in [0.1, 0.15) is 0 Å². The molecule has 0 amide bonds. The Balaban J connectivity index is 0.000000227. The summed E-state index contributed by atoms with van der Waals surface area (Å²) in [5, 5.41) is 0. The highest BCUT2D eigenvalue weighted by Gasteiger charge is 2.07. The Labute approximate surface area is 90.2 Å². The lowest BCUT2D eigenvalue weighted by Gasteiger charge is -2.16. The molecule has 0 spiro atoms. The van der Waals surface area contributed by atoms with E-state index in [1.165, 1.54) is 38.5 Å². The van der Waals surface area contributed by atoms with Crippen LogP contribution in [0.15, 0.2) is 0 Å².